The molecule has 0 radical (unpaired) electrons. The number of ether oxygens (including phenoxy) is 1. The molecule has 0 amide bonds. The maximum atomic E-state index is 11.5. The van der Waals surface area contributed by atoms with Crippen molar-refractivity contribution in [1.29, 1.82) is 0 Å². The Labute approximate surface area is 99.1 Å². The summed E-state index contributed by atoms with van der Waals surface area (Å²) in [6, 6.07) is 11.1. The summed E-state index contributed by atoms with van der Waals surface area (Å²) < 4.78 is 6.25. The van der Waals surface area contributed by atoms with Crippen molar-refractivity contribution in [2.24, 2.45) is 7.05 Å². The molecule has 4 heteroatoms. The molecule has 0 aliphatic heterocycles. The lowest BCUT2D eigenvalue weighted by Gasteiger charge is -2.05. The minimum Gasteiger partial charge on any atom is -0.505 e. The van der Waals surface area contributed by atoms with Crippen molar-refractivity contribution in [1.82, 2.24) is 4.57 Å². The molecule has 88 valence electrons. The van der Waals surface area contributed by atoms with Crippen molar-refractivity contribution in [3.8, 4) is 17.0 Å². The van der Waals surface area contributed by atoms with Gasteiger partial charge in [0.15, 0.2) is 5.69 Å². The highest BCUT2D eigenvalue weighted by Crippen LogP contribution is 2.29. The third-order valence-corrected chi connectivity index (χ3v) is 2.66. The number of aromatic nitrogens is 1. The van der Waals surface area contributed by atoms with Crippen LogP contribution in [0.5, 0.6) is 5.75 Å². The van der Waals surface area contributed by atoms with Gasteiger partial charge < -0.3 is 14.4 Å². The summed E-state index contributed by atoms with van der Waals surface area (Å²) in [5, 5.41) is 9.75. The van der Waals surface area contributed by atoms with Gasteiger partial charge >= 0.3 is 5.97 Å². The maximum Gasteiger partial charge on any atom is 0.358 e. The van der Waals surface area contributed by atoms with Gasteiger partial charge in [-0.2, -0.15) is 0 Å². The van der Waals surface area contributed by atoms with E-state index in [2.05, 4.69) is 4.74 Å². The van der Waals surface area contributed by atoms with Gasteiger partial charge in [0.1, 0.15) is 5.75 Å². The highest BCUT2D eigenvalue weighted by Gasteiger charge is 2.19. The van der Waals surface area contributed by atoms with E-state index < -0.39 is 5.97 Å². The predicted octanol–water partition coefficient (Wildman–Crippen LogP) is 2.18. The molecular weight excluding hydrogens is 218 g/mol. The number of aromatic hydroxyl groups is 1. The smallest absolute Gasteiger partial charge is 0.358 e. The number of carbonyl (C=O) groups is 1. The summed E-state index contributed by atoms with van der Waals surface area (Å²) in [5.41, 5.74) is 1.86. The summed E-state index contributed by atoms with van der Waals surface area (Å²) in [7, 11) is 3.01. The number of hydrogen-bond donors (Lipinski definition) is 1. The van der Waals surface area contributed by atoms with Gasteiger partial charge in [-0.25, -0.2) is 4.79 Å². The van der Waals surface area contributed by atoms with Crippen LogP contribution < -0.4 is 0 Å². The summed E-state index contributed by atoms with van der Waals surface area (Å²) >= 11 is 0. The Morgan fingerprint density at radius 3 is 2.53 bits per heavy atom. The maximum absolute atomic E-state index is 11.5. The van der Waals surface area contributed by atoms with Crippen LogP contribution in [0, 0.1) is 0 Å². The second-order valence-electron chi connectivity index (χ2n) is 3.68. The fourth-order valence-corrected chi connectivity index (χ4v) is 1.81. The largest absolute Gasteiger partial charge is 0.505 e. The second kappa shape index (κ2) is 4.33. The average molecular weight is 231 g/mol. The molecule has 0 atom stereocenters. The lowest BCUT2D eigenvalue weighted by molar-refractivity contribution is 0.0586. The van der Waals surface area contributed by atoms with E-state index in [0.717, 1.165) is 11.3 Å². The molecule has 0 aliphatic rings. The van der Waals surface area contributed by atoms with Crippen molar-refractivity contribution in [3.63, 3.8) is 0 Å². The first-order valence-corrected chi connectivity index (χ1v) is 5.17. The summed E-state index contributed by atoms with van der Waals surface area (Å²) in [6.45, 7) is 0. The molecule has 2 rings (SSSR count). The Morgan fingerprint density at radius 2 is 1.94 bits per heavy atom. The molecule has 2 aromatic rings. The molecule has 0 saturated heterocycles. The van der Waals surface area contributed by atoms with Gasteiger partial charge in [0.05, 0.1) is 12.8 Å². The van der Waals surface area contributed by atoms with Crippen LogP contribution in [-0.2, 0) is 11.8 Å². The molecule has 1 N–H and O–H groups in total. The number of esters is 1. The third-order valence-electron chi connectivity index (χ3n) is 2.66. The third kappa shape index (κ3) is 1.89. The van der Waals surface area contributed by atoms with Gasteiger partial charge in [-0.05, 0) is 5.56 Å². The van der Waals surface area contributed by atoms with Crippen LogP contribution in [0.15, 0.2) is 36.4 Å². The average Bonchev–Trinajstić information content (AvgIpc) is 2.65. The molecule has 0 aliphatic carbocycles. The van der Waals surface area contributed by atoms with Crippen LogP contribution in [0.2, 0.25) is 0 Å². The standard InChI is InChI=1S/C13H13NO3/c1-14-10(9-6-4-3-5-7-9)8-11(15)12(14)13(16)17-2/h3-8,15H,1-2H3. The van der Waals surface area contributed by atoms with E-state index in [1.54, 1.807) is 17.7 Å². The number of carbonyl (C=O) groups excluding carboxylic acids is 1. The number of benzene rings is 1. The molecule has 1 heterocycles. The van der Waals surface area contributed by atoms with Crippen molar-refractivity contribution >= 4 is 5.97 Å². The summed E-state index contributed by atoms with van der Waals surface area (Å²) in [6.07, 6.45) is 0. The van der Waals surface area contributed by atoms with E-state index in [1.165, 1.54) is 7.11 Å². The van der Waals surface area contributed by atoms with Gasteiger partial charge in [0.25, 0.3) is 0 Å². The fraction of sp³-hybridized carbons (Fsp3) is 0.154. The Morgan fingerprint density at radius 1 is 1.29 bits per heavy atom. The molecule has 0 fully saturated rings. The van der Waals surface area contributed by atoms with E-state index in [-0.39, 0.29) is 11.4 Å². The number of nitrogens with zero attached hydrogens (tertiary/aromatic N) is 1. The minimum atomic E-state index is -0.549. The normalized spacial score (nSPS) is 10.2. The van der Waals surface area contributed by atoms with Crippen molar-refractivity contribution in [2.45, 2.75) is 0 Å². The van der Waals surface area contributed by atoms with E-state index in [0.29, 0.717) is 0 Å². The van der Waals surface area contributed by atoms with E-state index >= 15 is 0 Å². The van der Waals surface area contributed by atoms with Crippen molar-refractivity contribution in [3.05, 3.63) is 42.1 Å². The molecule has 0 bridgehead atoms. The van der Waals surface area contributed by atoms with E-state index in [4.69, 9.17) is 0 Å². The minimum absolute atomic E-state index is 0.0711. The Kier molecular flexibility index (Phi) is 2.87. The van der Waals surface area contributed by atoms with E-state index in [1.807, 2.05) is 30.3 Å². The predicted molar refractivity (Wildman–Crippen MR) is 63.9 cm³/mol. The van der Waals surface area contributed by atoms with Gasteiger partial charge in [-0.1, -0.05) is 30.3 Å². The molecule has 17 heavy (non-hydrogen) atoms. The Hall–Kier alpha value is -2.23. The number of rotatable bonds is 2. The zero-order valence-electron chi connectivity index (χ0n) is 9.68. The van der Waals surface area contributed by atoms with Crippen molar-refractivity contribution in [2.75, 3.05) is 7.11 Å². The first kappa shape index (κ1) is 11.3. The quantitative estimate of drug-likeness (QED) is 0.806. The fourth-order valence-electron chi connectivity index (χ4n) is 1.81. The van der Waals surface area contributed by atoms with Crippen molar-refractivity contribution < 1.29 is 14.6 Å². The monoisotopic (exact) mass is 231 g/mol. The lowest BCUT2D eigenvalue weighted by Crippen LogP contribution is -2.08. The Bertz CT molecular complexity index is 543. The summed E-state index contributed by atoms with van der Waals surface area (Å²) in [4.78, 5) is 11.5. The van der Waals surface area contributed by atoms with Crippen LogP contribution in [0.4, 0.5) is 0 Å². The first-order chi connectivity index (χ1) is 8.15. The molecule has 4 nitrogen and oxygen atoms in total. The molecule has 1 aromatic heterocycles. The molecule has 0 saturated carbocycles. The molecule has 0 unspecified atom stereocenters. The zero-order chi connectivity index (χ0) is 12.4. The van der Waals surface area contributed by atoms with E-state index in [9.17, 15) is 9.90 Å². The number of hydrogen-bond acceptors (Lipinski definition) is 3. The van der Waals surface area contributed by atoms with Gasteiger partial charge in [0, 0.05) is 13.1 Å². The molecule has 0 spiro atoms. The van der Waals surface area contributed by atoms with Crippen LogP contribution in [0.1, 0.15) is 10.5 Å². The zero-order valence-corrected chi connectivity index (χ0v) is 9.68. The second-order valence-corrected chi connectivity index (χ2v) is 3.68. The Balaban J connectivity index is 2.56. The van der Waals surface area contributed by atoms with Gasteiger partial charge in [0.2, 0.25) is 0 Å². The molecule has 1 aromatic carbocycles. The SMILES string of the molecule is COC(=O)c1c(O)cc(-c2ccccc2)n1C. The number of methoxy groups -OCH3 is 1. The summed E-state index contributed by atoms with van der Waals surface area (Å²) in [5.74, 6) is -0.620. The van der Waals surface area contributed by atoms with Gasteiger partial charge in [-0.15, -0.1) is 0 Å². The van der Waals surface area contributed by atoms with Gasteiger partial charge in [-0.3, -0.25) is 0 Å². The highest BCUT2D eigenvalue weighted by atomic mass is 16.5. The van der Waals surface area contributed by atoms with Crippen LogP contribution >= 0.6 is 0 Å². The van der Waals surface area contributed by atoms with Crippen LogP contribution in [0.25, 0.3) is 11.3 Å². The van der Waals surface area contributed by atoms with Crippen LogP contribution in [0.3, 0.4) is 0 Å². The van der Waals surface area contributed by atoms with Crippen LogP contribution in [-0.4, -0.2) is 22.8 Å². The lowest BCUT2D eigenvalue weighted by atomic mass is 10.1. The first-order valence-electron chi connectivity index (χ1n) is 5.17. The molecular formula is C13H13NO3. The highest BCUT2D eigenvalue weighted by molar-refractivity contribution is 5.92. The topological polar surface area (TPSA) is 51.5 Å².